The first-order chi connectivity index (χ1) is 9.90. The molecule has 1 aliphatic carbocycles. The molecule has 1 aromatic heterocycles. The number of nitro groups is 1. The van der Waals surface area contributed by atoms with Gasteiger partial charge in [0, 0.05) is 25.7 Å². The molecule has 1 fully saturated rings. The summed E-state index contributed by atoms with van der Waals surface area (Å²) in [6.07, 6.45) is 2.11. The van der Waals surface area contributed by atoms with Crippen molar-refractivity contribution in [2.45, 2.75) is 30.9 Å². The van der Waals surface area contributed by atoms with Gasteiger partial charge in [-0.05, 0) is 25.7 Å². The SMILES string of the molecule is CCNc1sc(S(=O)(=O)N(CC)CC2CC2)cc1[N+](=O)[O-]. The Hall–Kier alpha value is -1.19. The molecule has 0 radical (unpaired) electrons. The summed E-state index contributed by atoms with van der Waals surface area (Å²) in [5, 5.41) is 14.2. The van der Waals surface area contributed by atoms with Crippen LogP contribution in [0.2, 0.25) is 0 Å². The van der Waals surface area contributed by atoms with Gasteiger partial charge >= 0.3 is 5.69 Å². The third-order valence-corrected chi connectivity index (χ3v) is 6.80. The van der Waals surface area contributed by atoms with Gasteiger partial charge in [-0.2, -0.15) is 4.31 Å². The Labute approximate surface area is 128 Å². The number of hydrogen-bond acceptors (Lipinski definition) is 6. The van der Waals surface area contributed by atoms with Gasteiger partial charge in [-0.15, -0.1) is 0 Å². The molecule has 21 heavy (non-hydrogen) atoms. The maximum absolute atomic E-state index is 12.6. The summed E-state index contributed by atoms with van der Waals surface area (Å²) in [6.45, 7) is 4.97. The van der Waals surface area contributed by atoms with E-state index < -0.39 is 14.9 Å². The lowest BCUT2D eigenvalue weighted by atomic mass is 10.4. The maximum Gasteiger partial charge on any atom is 0.304 e. The van der Waals surface area contributed by atoms with Crippen LogP contribution in [-0.2, 0) is 10.0 Å². The zero-order valence-electron chi connectivity index (χ0n) is 12.0. The second-order valence-electron chi connectivity index (χ2n) is 4.97. The first-order valence-corrected chi connectivity index (χ1v) is 9.18. The monoisotopic (exact) mass is 333 g/mol. The summed E-state index contributed by atoms with van der Waals surface area (Å²) in [5.41, 5.74) is -0.178. The van der Waals surface area contributed by atoms with Crippen molar-refractivity contribution in [1.29, 1.82) is 0 Å². The van der Waals surface area contributed by atoms with Gasteiger partial charge in [-0.25, -0.2) is 8.42 Å². The Morgan fingerprint density at radius 1 is 1.48 bits per heavy atom. The summed E-state index contributed by atoms with van der Waals surface area (Å²) >= 11 is 0.928. The molecule has 1 saturated carbocycles. The van der Waals surface area contributed by atoms with E-state index in [2.05, 4.69) is 5.32 Å². The molecule has 0 amide bonds. The second-order valence-corrected chi connectivity index (χ2v) is 8.18. The lowest BCUT2D eigenvalue weighted by molar-refractivity contribution is -0.383. The standard InChI is InChI=1S/C12H19N3O4S2/c1-3-13-12-10(15(16)17)7-11(20-12)21(18,19)14(4-2)8-9-5-6-9/h7,9,13H,3-6,8H2,1-2H3. The van der Waals surface area contributed by atoms with Gasteiger partial charge in [0.1, 0.15) is 4.21 Å². The van der Waals surface area contributed by atoms with E-state index in [1.165, 1.54) is 4.31 Å². The number of nitrogens with zero attached hydrogens (tertiary/aromatic N) is 2. The number of thiophene rings is 1. The van der Waals surface area contributed by atoms with Crippen molar-refractivity contribution in [2.75, 3.05) is 25.0 Å². The van der Waals surface area contributed by atoms with Crippen LogP contribution in [0.3, 0.4) is 0 Å². The van der Waals surface area contributed by atoms with Crippen LogP contribution >= 0.6 is 11.3 Å². The molecule has 0 aliphatic heterocycles. The molecule has 0 aromatic carbocycles. The minimum Gasteiger partial charge on any atom is -0.372 e. The number of sulfonamides is 1. The fourth-order valence-corrected chi connectivity index (χ4v) is 5.10. The predicted molar refractivity (Wildman–Crippen MR) is 82.3 cm³/mol. The molecule has 0 spiro atoms. The number of nitrogens with one attached hydrogen (secondary N) is 1. The van der Waals surface area contributed by atoms with E-state index in [-0.39, 0.29) is 9.90 Å². The van der Waals surface area contributed by atoms with Gasteiger partial charge in [-0.3, -0.25) is 10.1 Å². The van der Waals surface area contributed by atoms with Crippen molar-refractivity contribution < 1.29 is 13.3 Å². The van der Waals surface area contributed by atoms with Gasteiger partial charge in [0.2, 0.25) is 0 Å². The van der Waals surface area contributed by atoms with Crippen LogP contribution in [0.25, 0.3) is 0 Å². The molecule has 1 aliphatic rings. The van der Waals surface area contributed by atoms with Crippen LogP contribution in [-0.4, -0.2) is 37.3 Å². The van der Waals surface area contributed by atoms with Crippen molar-refractivity contribution >= 4 is 32.0 Å². The van der Waals surface area contributed by atoms with E-state index in [0.29, 0.717) is 30.6 Å². The van der Waals surface area contributed by atoms with Gasteiger partial charge < -0.3 is 5.32 Å². The molecule has 7 nitrogen and oxygen atoms in total. The molecule has 0 saturated heterocycles. The molecule has 0 unspecified atom stereocenters. The fourth-order valence-electron chi connectivity index (χ4n) is 2.02. The summed E-state index contributed by atoms with van der Waals surface area (Å²) in [5.74, 6) is 0.433. The Kier molecular flexibility index (Phi) is 4.84. The smallest absolute Gasteiger partial charge is 0.304 e. The molecule has 1 aromatic rings. The zero-order valence-corrected chi connectivity index (χ0v) is 13.7. The highest BCUT2D eigenvalue weighted by Crippen LogP contribution is 2.39. The highest BCUT2D eigenvalue weighted by atomic mass is 32.2. The van der Waals surface area contributed by atoms with E-state index in [1.54, 1.807) is 6.92 Å². The predicted octanol–water partition coefficient (Wildman–Crippen LogP) is 2.51. The van der Waals surface area contributed by atoms with Crippen molar-refractivity contribution in [3.63, 3.8) is 0 Å². The number of anilines is 1. The van der Waals surface area contributed by atoms with Crippen LogP contribution in [0.5, 0.6) is 0 Å². The highest BCUT2D eigenvalue weighted by Gasteiger charge is 2.33. The maximum atomic E-state index is 12.6. The summed E-state index contributed by atoms with van der Waals surface area (Å²) in [6, 6.07) is 1.16. The Morgan fingerprint density at radius 3 is 2.62 bits per heavy atom. The fraction of sp³-hybridized carbons (Fsp3) is 0.667. The average molecular weight is 333 g/mol. The van der Waals surface area contributed by atoms with Crippen LogP contribution in [0.15, 0.2) is 10.3 Å². The molecular weight excluding hydrogens is 314 g/mol. The number of rotatable bonds is 8. The Morgan fingerprint density at radius 2 is 2.14 bits per heavy atom. The van der Waals surface area contributed by atoms with Gasteiger partial charge in [0.05, 0.1) is 4.92 Å². The first kappa shape index (κ1) is 16.2. The molecule has 118 valence electrons. The van der Waals surface area contributed by atoms with Gasteiger partial charge in [0.15, 0.2) is 5.00 Å². The van der Waals surface area contributed by atoms with E-state index >= 15 is 0 Å². The van der Waals surface area contributed by atoms with E-state index in [9.17, 15) is 18.5 Å². The first-order valence-electron chi connectivity index (χ1n) is 6.92. The topological polar surface area (TPSA) is 92.6 Å². The van der Waals surface area contributed by atoms with Crippen molar-refractivity contribution in [1.82, 2.24) is 4.31 Å². The van der Waals surface area contributed by atoms with Gasteiger partial charge in [0.25, 0.3) is 10.0 Å². The highest BCUT2D eigenvalue weighted by molar-refractivity contribution is 7.91. The molecule has 1 heterocycles. The second kappa shape index (κ2) is 6.29. The van der Waals surface area contributed by atoms with E-state index in [0.717, 1.165) is 30.2 Å². The van der Waals surface area contributed by atoms with E-state index in [4.69, 9.17) is 0 Å². The Bertz CT molecular complexity index is 622. The zero-order chi connectivity index (χ0) is 15.6. The molecule has 0 atom stereocenters. The quantitative estimate of drug-likeness (QED) is 0.583. The molecule has 9 heteroatoms. The summed E-state index contributed by atoms with van der Waals surface area (Å²) < 4.78 is 26.7. The third-order valence-electron chi connectivity index (χ3n) is 3.33. The van der Waals surface area contributed by atoms with Crippen LogP contribution in [0.1, 0.15) is 26.7 Å². The lowest BCUT2D eigenvalue weighted by Gasteiger charge is -2.18. The minimum atomic E-state index is -3.65. The van der Waals surface area contributed by atoms with Crippen LogP contribution in [0, 0.1) is 16.0 Å². The third kappa shape index (κ3) is 3.53. The van der Waals surface area contributed by atoms with Gasteiger partial charge in [-0.1, -0.05) is 18.3 Å². The normalized spacial score (nSPS) is 15.4. The van der Waals surface area contributed by atoms with Crippen molar-refractivity contribution in [3.05, 3.63) is 16.2 Å². The molecule has 1 N–H and O–H groups in total. The molecule has 0 bridgehead atoms. The number of hydrogen-bond donors (Lipinski definition) is 1. The Balaban J connectivity index is 2.33. The lowest BCUT2D eigenvalue weighted by Crippen LogP contribution is -2.32. The van der Waals surface area contributed by atoms with E-state index in [1.807, 2.05) is 6.92 Å². The van der Waals surface area contributed by atoms with Crippen LogP contribution in [0.4, 0.5) is 10.7 Å². The largest absolute Gasteiger partial charge is 0.372 e. The molecule has 2 rings (SSSR count). The summed E-state index contributed by atoms with van der Waals surface area (Å²) in [7, 11) is -3.65. The average Bonchev–Trinajstić information content (AvgIpc) is 3.13. The van der Waals surface area contributed by atoms with Crippen molar-refractivity contribution in [3.8, 4) is 0 Å². The van der Waals surface area contributed by atoms with Crippen molar-refractivity contribution in [2.24, 2.45) is 5.92 Å². The van der Waals surface area contributed by atoms with Crippen LogP contribution < -0.4 is 5.32 Å². The minimum absolute atomic E-state index is 0.0349. The molecular formula is C12H19N3O4S2. The summed E-state index contributed by atoms with van der Waals surface area (Å²) in [4.78, 5) is 10.5.